The number of non-ortho nitro benzene ring substituents is 1. The van der Waals surface area contributed by atoms with Gasteiger partial charge in [0.25, 0.3) is 5.69 Å². The molecule has 3 rings (SSSR count). The Labute approximate surface area is 141 Å². The number of halogens is 1. The average Bonchev–Trinajstić information content (AvgIpc) is 2.54. The maximum atomic E-state index is 10.7. The van der Waals surface area contributed by atoms with Crippen molar-refractivity contribution in [1.29, 1.82) is 0 Å². The number of nitrogen functional groups attached to an aromatic ring is 1. The smallest absolute Gasteiger partial charge is 0.269 e. The minimum atomic E-state index is -0.368. The van der Waals surface area contributed by atoms with E-state index in [9.17, 15) is 10.1 Å². The summed E-state index contributed by atoms with van der Waals surface area (Å²) in [5, 5.41) is 10.7. The lowest BCUT2D eigenvalue weighted by Crippen LogP contribution is -2.31. The number of fused-ring (bicyclic) bond motifs is 1. The predicted molar refractivity (Wildman–Crippen MR) is 95.4 cm³/mol. The molecule has 0 unspecified atom stereocenters. The maximum Gasteiger partial charge on any atom is 0.269 e. The third-order valence-electron chi connectivity index (χ3n) is 4.20. The van der Waals surface area contributed by atoms with Crippen molar-refractivity contribution in [2.45, 2.75) is 19.3 Å². The summed E-state index contributed by atoms with van der Waals surface area (Å²) in [6.45, 7) is 1.93. The zero-order valence-corrected chi connectivity index (χ0v) is 13.6. The summed E-state index contributed by atoms with van der Waals surface area (Å²) < 4.78 is 0. The van der Waals surface area contributed by atoms with Crippen LogP contribution < -0.4 is 10.6 Å². The topological polar surface area (TPSA) is 72.4 Å². The molecule has 1 aliphatic rings. The van der Waals surface area contributed by atoms with Gasteiger partial charge < -0.3 is 10.6 Å². The quantitative estimate of drug-likeness (QED) is 0.527. The van der Waals surface area contributed by atoms with Crippen molar-refractivity contribution in [2.75, 3.05) is 23.7 Å². The van der Waals surface area contributed by atoms with Crippen LogP contribution in [0.3, 0.4) is 0 Å². The van der Waals surface area contributed by atoms with E-state index in [2.05, 4.69) is 11.0 Å². The zero-order chi connectivity index (χ0) is 15.5. The van der Waals surface area contributed by atoms with E-state index in [4.69, 9.17) is 5.73 Å². The molecule has 0 radical (unpaired) electrons. The highest BCUT2D eigenvalue weighted by atomic mass is 35.5. The van der Waals surface area contributed by atoms with E-state index < -0.39 is 0 Å². The Morgan fingerprint density at radius 3 is 2.61 bits per heavy atom. The summed E-state index contributed by atoms with van der Waals surface area (Å²) in [5.74, 6) is 0. The van der Waals surface area contributed by atoms with E-state index in [1.54, 1.807) is 12.1 Å². The second kappa shape index (κ2) is 7.33. The standard InChI is InChI=1S/C17H19N3O2.ClH/c18-16-4-1-5-17-15(16)3-2-11-19(17)12-10-13-6-8-14(9-7-13)20(21)22;/h1,4-9H,2-3,10-12,18H2;1H. The van der Waals surface area contributed by atoms with Crippen molar-refractivity contribution in [2.24, 2.45) is 0 Å². The van der Waals surface area contributed by atoms with Crippen molar-refractivity contribution >= 4 is 29.5 Å². The van der Waals surface area contributed by atoms with Gasteiger partial charge in [-0.05, 0) is 42.5 Å². The molecular weight excluding hydrogens is 314 g/mol. The van der Waals surface area contributed by atoms with Gasteiger partial charge in [0.15, 0.2) is 0 Å². The number of hydrogen-bond acceptors (Lipinski definition) is 4. The summed E-state index contributed by atoms with van der Waals surface area (Å²) in [5.41, 5.74) is 10.7. The monoisotopic (exact) mass is 333 g/mol. The van der Waals surface area contributed by atoms with Crippen LogP contribution in [0.15, 0.2) is 42.5 Å². The number of rotatable bonds is 4. The molecule has 0 fully saturated rings. The van der Waals surface area contributed by atoms with Gasteiger partial charge in [-0.25, -0.2) is 0 Å². The van der Waals surface area contributed by atoms with E-state index in [-0.39, 0.29) is 23.0 Å². The lowest BCUT2D eigenvalue weighted by Gasteiger charge is -2.32. The van der Waals surface area contributed by atoms with Crippen LogP contribution in [0.5, 0.6) is 0 Å². The molecule has 0 amide bonds. The third-order valence-corrected chi connectivity index (χ3v) is 4.20. The first kappa shape index (κ1) is 17.1. The number of anilines is 2. The largest absolute Gasteiger partial charge is 0.398 e. The van der Waals surface area contributed by atoms with Crippen LogP contribution >= 0.6 is 12.4 Å². The van der Waals surface area contributed by atoms with Gasteiger partial charge >= 0.3 is 0 Å². The number of hydrogen-bond donors (Lipinski definition) is 1. The molecule has 0 atom stereocenters. The number of nitro groups is 1. The molecule has 122 valence electrons. The van der Waals surface area contributed by atoms with E-state index in [0.717, 1.165) is 43.6 Å². The average molecular weight is 334 g/mol. The van der Waals surface area contributed by atoms with Crippen LogP contribution in [0.4, 0.5) is 17.1 Å². The van der Waals surface area contributed by atoms with E-state index in [0.29, 0.717) is 0 Å². The number of nitro benzene ring substituents is 1. The molecule has 5 nitrogen and oxygen atoms in total. The van der Waals surface area contributed by atoms with Gasteiger partial charge in [0.05, 0.1) is 4.92 Å². The van der Waals surface area contributed by atoms with Crippen LogP contribution in [0.1, 0.15) is 17.5 Å². The predicted octanol–water partition coefficient (Wildman–Crippen LogP) is 3.59. The summed E-state index contributed by atoms with van der Waals surface area (Å²) >= 11 is 0. The molecule has 1 heterocycles. The Bertz CT molecular complexity index is 689. The lowest BCUT2D eigenvalue weighted by atomic mass is 9.99. The van der Waals surface area contributed by atoms with Crippen LogP contribution in [-0.4, -0.2) is 18.0 Å². The van der Waals surface area contributed by atoms with Gasteiger partial charge in [0.1, 0.15) is 0 Å². The number of benzene rings is 2. The fraction of sp³-hybridized carbons (Fsp3) is 0.294. The Hall–Kier alpha value is -2.27. The van der Waals surface area contributed by atoms with Gasteiger partial charge in [-0.3, -0.25) is 10.1 Å². The molecule has 2 aromatic carbocycles. The molecule has 1 aliphatic heterocycles. The second-order valence-corrected chi connectivity index (χ2v) is 5.61. The van der Waals surface area contributed by atoms with Gasteiger partial charge in [-0.15, -0.1) is 12.4 Å². The van der Waals surface area contributed by atoms with Crippen LogP contribution in [0.25, 0.3) is 0 Å². The molecule has 0 saturated heterocycles. The lowest BCUT2D eigenvalue weighted by molar-refractivity contribution is -0.384. The van der Waals surface area contributed by atoms with Crippen molar-refractivity contribution < 1.29 is 4.92 Å². The Balaban J connectivity index is 0.00000192. The molecule has 0 aliphatic carbocycles. The van der Waals surface area contributed by atoms with Crippen molar-refractivity contribution in [3.63, 3.8) is 0 Å². The van der Waals surface area contributed by atoms with Gasteiger partial charge in [-0.2, -0.15) is 0 Å². The van der Waals surface area contributed by atoms with Gasteiger partial charge in [0.2, 0.25) is 0 Å². The number of nitrogens with two attached hydrogens (primary N) is 1. The minimum absolute atomic E-state index is 0. The van der Waals surface area contributed by atoms with Crippen molar-refractivity contribution in [3.8, 4) is 0 Å². The highest BCUT2D eigenvalue weighted by Gasteiger charge is 2.18. The fourth-order valence-electron chi connectivity index (χ4n) is 3.01. The highest BCUT2D eigenvalue weighted by molar-refractivity contribution is 5.85. The molecule has 0 saturated carbocycles. The molecule has 23 heavy (non-hydrogen) atoms. The SMILES string of the molecule is Cl.Nc1cccc2c1CCCN2CCc1ccc([N+](=O)[O-])cc1. The molecule has 0 aromatic heterocycles. The Kier molecular flexibility index (Phi) is 5.45. The summed E-state index contributed by atoms with van der Waals surface area (Å²) in [4.78, 5) is 12.7. The molecule has 6 heteroatoms. The highest BCUT2D eigenvalue weighted by Crippen LogP contribution is 2.31. The van der Waals surface area contributed by atoms with E-state index >= 15 is 0 Å². The molecular formula is C17H20ClN3O2. The van der Waals surface area contributed by atoms with Crippen molar-refractivity contribution in [1.82, 2.24) is 0 Å². The first-order valence-corrected chi connectivity index (χ1v) is 7.51. The zero-order valence-electron chi connectivity index (χ0n) is 12.8. The molecule has 2 N–H and O–H groups in total. The first-order valence-electron chi connectivity index (χ1n) is 7.51. The van der Waals surface area contributed by atoms with E-state index in [1.165, 1.54) is 11.3 Å². The van der Waals surface area contributed by atoms with Crippen LogP contribution in [0.2, 0.25) is 0 Å². The molecule has 0 bridgehead atoms. The summed E-state index contributed by atoms with van der Waals surface area (Å²) in [6, 6.07) is 12.9. The normalized spacial score (nSPS) is 13.1. The molecule has 0 spiro atoms. The second-order valence-electron chi connectivity index (χ2n) is 5.61. The fourth-order valence-corrected chi connectivity index (χ4v) is 3.01. The first-order chi connectivity index (χ1) is 10.6. The Morgan fingerprint density at radius 1 is 1.17 bits per heavy atom. The van der Waals surface area contributed by atoms with Gasteiger partial charge in [-0.1, -0.05) is 18.2 Å². The summed E-state index contributed by atoms with van der Waals surface area (Å²) in [7, 11) is 0. The maximum absolute atomic E-state index is 10.7. The van der Waals surface area contributed by atoms with E-state index in [1.807, 2.05) is 24.3 Å². The van der Waals surface area contributed by atoms with Crippen molar-refractivity contribution in [3.05, 3.63) is 63.7 Å². The van der Waals surface area contributed by atoms with Crippen LogP contribution in [0, 0.1) is 10.1 Å². The molecule has 2 aromatic rings. The Morgan fingerprint density at radius 2 is 1.91 bits per heavy atom. The number of nitrogens with zero attached hydrogens (tertiary/aromatic N) is 2. The van der Waals surface area contributed by atoms with Gasteiger partial charge in [0, 0.05) is 36.6 Å². The minimum Gasteiger partial charge on any atom is -0.398 e. The van der Waals surface area contributed by atoms with Crippen LogP contribution in [-0.2, 0) is 12.8 Å². The third kappa shape index (κ3) is 3.74. The summed E-state index contributed by atoms with van der Waals surface area (Å²) in [6.07, 6.45) is 3.02.